The van der Waals surface area contributed by atoms with Gasteiger partial charge in [-0.15, -0.1) is 0 Å². The van der Waals surface area contributed by atoms with E-state index in [1.807, 2.05) is 63.2 Å². The van der Waals surface area contributed by atoms with E-state index in [0.717, 1.165) is 28.5 Å². The molecule has 3 heterocycles. The minimum atomic E-state index is -0.232. The normalized spacial score (nSPS) is 10.9. The number of anilines is 2. The Morgan fingerprint density at radius 1 is 1.13 bits per heavy atom. The van der Waals surface area contributed by atoms with Crippen molar-refractivity contribution in [2.45, 2.75) is 13.8 Å². The lowest BCUT2D eigenvalue weighted by Gasteiger charge is -2.17. The summed E-state index contributed by atoms with van der Waals surface area (Å²) in [4.78, 5) is 24.1. The van der Waals surface area contributed by atoms with Crippen molar-refractivity contribution in [1.29, 1.82) is 0 Å². The maximum absolute atomic E-state index is 13.3. The lowest BCUT2D eigenvalue weighted by molar-refractivity contribution is 0.102. The fraction of sp³-hybridized carbons (Fsp3) is 0.217. The van der Waals surface area contributed by atoms with Crippen LogP contribution in [-0.4, -0.2) is 46.9 Å². The molecule has 158 valence electrons. The number of hydrogen-bond donors (Lipinski definition) is 1. The van der Waals surface area contributed by atoms with Gasteiger partial charge in [-0.25, -0.2) is 9.67 Å². The molecule has 0 fully saturated rings. The molecule has 0 aliphatic carbocycles. The van der Waals surface area contributed by atoms with Crippen molar-refractivity contribution >= 4 is 28.3 Å². The number of hydrogen-bond acceptors (Lipinski definition) is 6. The van der Waals surface area contributed by atoms with Gasteiger partial charge in [-0.1, -0.05) is 0 Å². The fourth-order valence-electron chi connectivity index (χ4n) is 3.56. The monoisotopic (exact) mass is 416 g/mol. The molecule has 0 aliphatic rings. The first-order valence-electron chi connectivity index (χ1n) is 9.83. The zero-order valence-corrected chi connectivity index (χ0v) is 18.2. The standard InChI is InChI=1S/C23H24N6O2/c1-14-12-18(23(30)26-19-13-24-11-10-20(19)28(3)4)21-15(2)27-29(22(21)25-14)16-6-8-17(31-5)9-7-16/h6-13H,1-5H3,(H,26,30). The quantitative estimate of drug-likeness (QED) is 0.533. The van der Waals surface area contributed by atoms with Crippen LogP contribution in [0, 0.1) is 13.8 Å². The van der Waals surface area contributed by atoms with Crippen molar-refractivity contribution in [1.82, 2.24) is 19.7 Å². The van der Waals surface area contributed by atoms with Gasteiger partial charge in [0, 0.05) is 26.0 Å². The maximum Gasteiger partial charge on any atom is 0.256 e. The van der Waals surface area contributed by atoms with Crippen molar-refractivity contribution in [3.63, 3.8) is 0 Å². The summed E-state index contributed by atoms with van der Waals surface area (Å²) in [5.41, 5.74) is 4.95. The molecular weight excluding hydrogens is 392 g/mol. The van der Waals surface area contributed by atoms with E-state index in [4.69, 9.17) is 4.74 Å². The summed E-state index contributed by atoms with van der Waals surface area (Å²) in [5.74, 6) is 0.526. The average molecular weight is 416 g/mol. The lowest BCUT2D eigenvalue weighted by Crippen LogP contribution is -2.17. The Labute approximate surface area is 180 Å². The Morgan fingerprint density at radius 2 is 1.87 bits per heavy atom. The van der Waals surface area contributed by atoms with Crippen molar-refractivity contribution in [2.75, 3.05) is 31.4 Å². The summed E-state index contributed by atoms with van der Waals surface area (Å²) in [6, 6.07) is 11.2. The second kappa shape index (κ2) is 8.06. The zero-order chi connectivity index (χ0) is 22.1. The summed E-state index contributed by atoms with van der Waals surface area (Å²) in [6.45, 7) is 3.75. The first-order valence-corrected chi connectivity index (χ1v) is 9.83. The third-order valence-corrected chi connectivity index (χ3v) is 5.03. The minimum Gasteiger partial charge on any atom is -0.497 e. The molecule has 1 amide bonds. The molecule has 0 aliphatic heterocycles. The van der Waals surface area contributed by atoms with Crippen molar-refractivity contribution < 1.29 is 9.53 Å². The number of carbonyl (C=O) groups excluding carboxylic acids is 1. The molecule has 8 nitrogen and oxygen atoms in total. The number of aromatic nitrogens is 4. The molecule has 4 rings (SSSR count). The molecule has 1 N–H and O–H groups in total. The Hall–Kier alpha value is -3.94. The number of amides is 1. The molecule has 1 aromatic carbocycles. The highest BCUT2D eigenvalue weighted by atomic mass is 16.5. The van der Waals surface area contributed by atoms with Gasteiger partial charge in [0.05, 0.1) is 47.0 Å². The number of benzene rings is 1. The highest BCUT2D eigenvalue weighted by Crippen LogP contribution is 2.28. The number of fused-ring (bicyclic) bond motifs is 1. The number of aryl methyl sites for hydroxylation is 2. The topological polar surface area (TPSA) is 85.2 Å². The number of nitrogens with zero attached hydrogens (tertiary/aromatic N) is 5. The smallest absolute Gasteiger partial charge is 0.256 e. The largest absolute Gasteiger partial charge is 0.497 e. The first-order chi connectivity index (χ1) is 14.9. The predicted octanol–water partition coefficient (Wildman–Crippen LogP) is 3.76. The van der Waals surface area contributed by atoms with E-state index in [1.165, 1.54) is 0 Å². The van der Waals surface area contributed by atoms with Gasteiger partial charge >= 0.3 is 0 Å². The van der Waals surface area contributed by atoms with E-state index < -0.39 is 0 Å². The van der Waals surface area contributed by atoms with Crippen molar-refractivity contribution in [2.24, 2.45) is 0 Å². The lowest BCUT2D eigenvalue weighted by atomic mass is 10.1. The Morgan fingerprint density at radius 3 is 2.55 bits per heavy atom. The molecule has 0 bridgehead atoms. The van der Waals surface area contributed by atoms with Gasteiger partial charge in [0.1, 0.15) is 5.75 Å². The van der Waals surface area contributed by atoms with Crippen LogP contribution < -0.4 is 15.0 Å². The van der Waals surface area contributed by atoms with Gasteiger partial charge in [-0.05, 0) is 50.2 Å². The Bertz CT molecular complexity index is 1260. The fourth-order valence-corrected chi connectivity index (χ4v) is 3.56. The Balaban J connectivity index is 1.80. The molecule has 8 heteroatoms. The van der Waals surface area contributed by atoms with Gasteiger partial charge in [0.15, 0.2) is 5.65 Å². The maximum atomic E-state index is 13.3. The van der Waals surface area contributed by atoms with E-state index in [9.17, 15) is 4.79 Å². The van der Waals surface area contributed by atoms with Crippen LogP contribution in [0.3, 0.4) is 0 Å². The number of pyridine rings is 2. The van der Waals surface area contributed by atoms with Crippen LogP contribution in [0.25, 0.3) is 16.7 Å². The molecule has 4 aromatic rings. The summed E-state index contributed by atoms with van der Waals surface area (Å²) < 4.78 is 7.00. The third kappa shape index (κ3) is 3.79. The third-order valence-electron chi connectivity index (χ3n) is 5.03. The highest BCUT2D eigenvalue weighted by molar-refractivity contribution is 6.13. The summed E-state index contributed by atoms with van der Waals surface area (Å²) in [6.07, 6.45) is 3.34. The van der Waals surface area contributed by atoms with Crippen LogP contribution >= 0.6 is 0 Å². The van der Waals surface area contributed by atoms with Crippen LogP contribution in [-0.2, 0) is 0 Å². The van der Waals surface area contributed by atoms with Crippen molar-refractivity contribution in [3.05, 3.63) is 65.7 Å². The summed E-state index contributed by atoms with van der Waals surface area (Å²) in [7, 11) is 5.47. The molecule has 0 spiro atoms. The second-order valence-corrected chi connectivity index (χ2v) is 7.45. The van der Waals surface area contributed by atoms with Crippen LogP contribution in [0.5, 0.6) is 5.75 Å². The molecule has 0 saturated heterocycles. The van der Waals surface area contributed by atoms with Crippen LogP contribution in [0.2, 0.25) is 0 Å². The van der Waals surface area contributed by atoms with E-state index in [2.05, 4.69) is 20.4 Å². The number of nitrogens with one attached hydrogen (secondary N) is 1. The average Bonchev–Trinajstić information content (AvgIpc) is 3.09. The van der Waals surface area contributed by atoms with Crippen molar-refractivity contribution in [3.8, 4) is 11.4 Å². The van der Waals surface area contributed by atoms with Gasteiger partial charge in [0.2, 0.25) is 0 Å². The van der Waals surface area contributed by atoms with E-state index in [-0.39, 0.29) is 5.91 Å². The Kier molecular flexibility index (Phi) is 5.29. The molecule has 0 unspecified atom stereocenters. The number of methoxy groups -OCH3 is 1. The van der Waals surface area contributed by atoms with Crippen LogP contribution in [0.1, 0.15) is 21.7 Å². The number of ether oxygens (including phenoxy) is 1. The second-order valence-electron chi connectivity index (χ2n) is 7.45. The first kappa shape index (κ1) is 20.3. The SMILES string of the molecule is COc1ccc(-n2nc(C)c3c(C(=O)Nc4cnccc4N(C)C)cc(C)nc32)cc1. The van der Waals surface area contributed by atoms with Gasteiger partial charge in [-0.2, -0.15) is 5.10 Å². The van der Waals surface area contributed by atoms with Gasteiger partial charge in [-0.3, -0.25) is 9.78 Å². The van der Waals surface area contributed by atoms with Gasteiger partial charge < -0.3 is 15.0 Å². The highest BCUT2D eigenvalue weighted by Gasteiger charge is 2.20. The summed E-state index contributed by atoms with van der Waals surface area (Å²) in [5, 5.41) is 8.38. The molecule has 0 atom stereocenters. The zero-order valence-electron chi connectivity index (χ0n) is 18.2. The molecular formula is C23H24N6O2. The van der Waals surface area contributed by atoms with E-state index in [1.54, 1.807) is 30.3 Å². The van der Waals surface area contributed by atoms with Crippen LogP contribution in [0.15, 0.2) is 48.8 Å². The number of carbonyl (C=O) groups is 1. The molecule has 0 saturated carbocycles. The van der Waals surface area contributed by atoms with Gasteiger partial charge in [0.25, 0.3) is 5.91 Å². The minimum absolute atomic E-state index is 0.232. The van der Waals surface area contributed by atoms with E-state index >= 15 is 0 Å². The number of rotatable bonds is 5. The molecule has 31 heavy (non-hydrogen) atoms. The van der Waals surface area contributed by atoms with Crippen LogP contribution in [0.4, 0.5) is 11.4 Å². The molecule has 0 radical (unpaired) electrons. The predicted molar refractivity (Wildman–Crippen MR) is 121 cm³/mol. The summed E-state index contributed by atoms with van der Waals surface area (Å²) >= 11 is 0. The molecule has 3 aromatic heterocycles. The van der Waals surface area contributed by atoms with E-state index in [0.29, 0.717) is 22.3 Å².